The van der Waals surface area contributed by atoms with Gasteiger partial charge in [0.25, 0.3) is 5.91 Å². The molecule has 0 fully saturated rings. The molecule has 6 heteroatoms. The first-order valence-electron chi connectivity index (χ1n) is 4.58. The van der Waals surface area contributed by atoms with Crippen LogP contribution in [-0.2, 0) is 14.4 Å². The zero-order valence-corrected chi connectivity index (χ0v) is 9.71. The monoisotopic (exact) mass is 218 g/mol. The molecule has 0 aromatic heterocycles. The zero-order chi connectivity index (χ0) is 12.1. The SMILES string of the molecule is CONC(=O)C(C)NC(=O)OC(C)(C)C. The molecule has 0 aliphatic rings. The lowest BCUT2D eigenvalue weighted by Gasteiger charge is -2.21. The zero-order valence-electron chi connectivity index (χ0n) is 9.71. The van der Waals surface area contributed by atoms with Gasteiger partial charge in [-0.05, 0) is 27.7 Å². The molecule has 0 radical (unpaired) electrons. The molecule has 0 saturated carbocycles. The molecule has 0 bridgehead atoms. The van der Waals surface area contributed by atoms with Gasteiger partial charge in [0, 0.05) is 0 Å². The second-order valence-electron chi connectivity index (χ2n) is 4.04. The van der Waals surface area contributed by atoms with Gasteiger partial charge in [0.1, 0.15) is 11.6 Å². The van der Waals surface area contributed by atoms with Gasteiger partial charge in [-0.1, -0.05) is 0 Å². The van der Waals surface area contributed by atoms with Crippen molar-refractivity contribution in [3.8, 4) is 0 Å². The predicted molar refractivity (Wildman–Crippen MR) is 54.0 cm³/mol. The minimum absolute atomic E-state index is 0.441. The molecule has 0 spiro atoms. The van der Waals surface area contributed by atoms with Crippen molar-refractivity contribution in [3.63, 3.8) is 0 Å². The summed E-state index contributed by atoms with van der Waals surface area (Å²) < 4.78 is 4.97. The molecule has 15 heavy (non-hydrogen) atoms. The van der Waals surface area contributed by atoms with Crippen LogP contribution in [0.15, 0.2) is 0 Å². The van der Waals surface area contributed by atoms with Gasteiger partial charge in [0.15, 0.2) is 0 Å². The first-order valence-corrected chi connectivity index (χ1v) is 4.58. The highest BCUT2D eigenvalue weighted by Crippen LogP contribution is 2.06. The van der Waals surface area contributed by atoms with Gasteiger partial charge in [0.2, 0.25) is 0 Å². The Morgan fingerprint density at radius 2 is 1.80 bits per heavy atom. The summed E-state index contributed by atoms with van der Waals surface area (Å²) in [6.45, 7) is 6.75. The summed E-state index contributed by atoms with van der Waals surface area (Å²) in [5, 5.41) is 2.37. The van der Waals surface area contributed by atoms with Crippen LogP contribution in [-0.4, -0.2) is 30.8 Å². The van der Waals surface area contributed by atoms with E-state index in [0.717, 1.165) is 0 Å². The molecular weight excluding hydrogens is 200 g/mol. The molecular formula is C9H18N2O4. The lowest BCUT2D eigenvalue weighted by molar-refractivity contribution is -0.133. The quantitative estimate of drug-likeness (QED) is 0.679. The van der Waals surface area contributed by atoms with Crippen LogP contribution in [0.3, 0.4) is 0 Å². The summed E-state index contributed by atoms with van der Waals surface area (Å²) in [5.74, 6) is -0.441. The molecule has 0 saturated heterocycles. The molecule has 0 aliphatic heterocycles. The van der Waals surface area contributed by atoms with Crippen LogP contribution in [0.5, 0.6) is 0 Å². The van der Waals surface area contributed by atoms with Crippen molar-refractivity contribution >= 4 is 12.0 Å². The van der Waals surface area contributed by atoms with Gasteiger partial charge in [-0.25, -0.2) is 10.3 Å². The van der Waals surface area contributed by atoms with Crippen LogP contribution >= 0.6 is 0 Å². The van der Waals surface area contributed by atoms with Crippen molar-refractivity contribution in [1.82, 2.24) is 10.8 Å². The molecule has 2 N–H and O–H groups in total. The summed E-state index contributed by atoms with van der Waals surface area (Å²) in [6, 6.07) is -0.709. The lowest BCUT2D eigenvalue weighted by Crippen LogP contribution is -2.46. The number of nitrogens with one attached hydrogen (secondary N) is 2. The average Bonchev–Trinajstić information content (AvgIpc) is 2.00. The maximum atomic E-state index is 11.2. The van der Waals surface area contributed by atoms with E-state index in [1.807, 2.05) is 0 Å². The molecule has 2 amide bonds. The Balaban J connectivity index is 4.02. The highest BCUT2D eigenvalue weighted by atomic mass is 16.6. The van der Waals surface area contributed by atoms with E-state index in [4.69, 9.17) is 4.74 Å². The molecule has 0 aliphatic carbocycles. The highest BCUT2D eigenvalue weighted by Gasteiger charge is 2.20. The third-order valence-electron chi connectivity index (χ3n) is 1.33. The van der Waals surface area contributed by atoms with E-state index < -0.39 is 23.6 Å². The van der Waals surface area contributed by atoms with Gasteiger partial charge in [-0.2, -0.15) is 0 Å². The van der Waals surface area contributed by atoms with E-state index >= 15 is 0 Å². The topological polar surface area (TPSA) is 76.7 Å². The third-order valence-corrected chi connectivity index (χ3v) is 1.33. The predicted octanol–water partition coefficient (Wildman–Crippen LogP) is 0.577. The van der Waals surface area contributed by atoms with Crippen molar-refractivity contribution in [2.75, 3.05) is 7.11 Å². The third kappa shape index (κ3) is 6.73. The first kappa shape index (κ1) is 13.7. The molecule has 88 valence electrons. The van der Waals surface area contributed by atoms with E-state index in [1.165, 1.54) is 14.0 Å². The van der Waals surface area contributed by atoms with E-state index in [1.54, 1.807) is 20.8 Å². The molecule has 1 atom stereocenters. The van der Waals surface area contributed by atoms with Crippen molar-refractivity contribution in [2.45, 2.75) is 39.3 Å². The number of hydroxylamine groups is 1. The Bertz CT molecular complexity index is 235. The van der Waals surface area contributed by atoms with Crippen LogP contribution < -0.4 is 10.8 Å². The summed E-state index contributed by atoms with van der Waals surface area (Å²) in [6.07, 6.45) is -0.638. The van der Waals surface area contributed by atoms with Crippen LogP contribution in [0.2, 0.25) is 0 Å². The highest BCUT2D eigenvalue weighted by molar-refractivity contribution is 5.84. The van der Waals surface area contributed by atoms with E-state index in [0.29, 0.717) is 0 Å². The number of ether oxygens (including phenoxy) is 1. The maximum Gasteiger partial charge on any atom is 0.408 e. The fraction of sp³-hybridized carbons (Fsp3) is 0.778. The second kappa shape index (κ2) is 5.55. The van der Waals surface area contributed by atoms with Crippen LogP contribution in [0.25, 0.3) is 0 Å². The standard InChI is InChI=1S/C9H18N2O4/c1-6(7(12)11-14-5)10-8(13)15-9(2,3)4/h6H,1-5H3,(H,10,13)(H,11,12). The number of hydrogen-bond donors (Lipinski definition) is 2. The Hall–Kier alpha value is -1.30. The van der Waals surface area contributed by atoms with E-state index in [2.05, 4.69) is 15.6 Å². The normalized spacial score (nSPS) is 12.9. The van der Waals surface area contributed by atoms with Crippen molar-refractivity contribution < 1.29 is 19.2 Å². The average molecular weight is 218 g/mol. The maximum absolute atomic E-state index is 11.2. The Morgan fingerprint density at radius 3 is 2.20 bits per heavy atom. The second-order valence-corrected chi connectivity index (χ2v) is 4.04. The molecule has 1 unspecified atom stereocenters. The number of carbonyl (C=O) groups is 2. The van der Waals surface area contributed by atoms with Gasteiger partial charge in [-0.3, -0.25) is 9.63 Å². The Morgan fingerprint density at radius 1 is 1.27 bits per heavy atom. The number of amides is 2. The van der Waals surface area contributed by atoms with Gasteiger partial charge in [-0.15, -0.1) is 0 Å². The Kier molecular flexibility index (Phi) is 5.07. The smallest absolute Gasteiger partial charge is 0.408 e. The number of carbonyl (C=O) groups excluding carboxylic acids is 2. The molecule has 0 aromatic carbocycles. The first-order chi connectivity index (χ1) is 6.76. The van der Waals surface area contributed by atoms with E-state index in [-0.39, 0.29) is 0 Å². The fourth-order valence-electron chi connectivity index (χ4n) is 0.739. The van der Waals surface area contributed by atoms with Gasteiger partial charge in [0.05, 0.1) is 7.11 Å². The van der Waals surface area contributed by atoms with Crippen LogP contribution in [0, 0.1) is 0 Å². The summed E-state index contributed by atoms with van der Waals surface area (Å²) >= 11 is 0. The van der Waals surface area contributed by atoms with Gasteiger partial charge >= 0.3 is 6.09 Å². The molecule has 0 heterocycles. The molecule has 0 aromatic rings. The number of alkyl carbamates (subject to hydrolysis) is 1. The molecule has 6 nitrogen and oxygen atoms in total. The molecule has 0 rings (SSSR count). The van der Waals surface area contributed by atoms with Crippen LogP contribution in [0.4, 0.5) is 4.79 Å². The van der Waals surface area contributed by atoms with Crippen molar-refractivity contribution in [3.05, 3.63) is 0 Å². The van der Waals surface area contributed by atoms with Gasteiger partial charge < -0.3 is 10.1 Å². The number of hydrogen-bond acceptors (Lipinski definition) is 4. The van der Waals surface area contributed by atoms with Crippen molar-refractivity contribution in [2.24, 2.45) is 0 Å². The largest absolute Gasteiger partial charge is 0.444 e. The summed E-state index contributed by atoms with van der Waals surface area (Å²) in [4.78, 5) is 26.8. The minimum atomic E-state index is -0.709. The van der Waals surface area contributed by atoms with Crippen molar-refractivity contribution in [1.29, 1.82) is 0 Å². The summed E-state index contributed by atoms with van der Waals surface area (Å²) in [5.41, 5.74) is 1.52. The fourth-order valence-corrected chi connectivity index (χ4v) is 0.739. The van der Waals surface area contributed by atoms with Crippen LogP contribution in [0.1, 0.15) is 27.7 Å². The van der Waals surface area contributed by atoms with E-state index in [9.17, 15) is 9.59 Å². The summed E-state index contributed by atoms with van der Waals surface area (Å²) in [7, 11) is 1.32. The Labute approximate surface area is 89.3 Å². The number of rotatable bonds is 3. The minimum Gasteiger partial charge on any atom is -0.444 e. The lowest BCUT2D eigenvalue weighted by atomic mass is 10.2.